The van der Waals surface area contributed by atoms with E-state index in [2.05, 4.69) is 32.0 Å². The molecule has 1 aliphatic carbocycles. The first-order valence-corrected chi connectivity index (χ1v) is 11.5. The van der Waals surface area contributed by atoms with Crippen LogP contribution in [0.2, 0.25) is 0 Å². The maximum atomic E-state index is 10.6. The summed E-state index contributed by atoms with van der Waals surface area (Å²) in [6.45, 7) is 4.01. The molecule has 0 radical (unpaired) electrons. The molecule has 0 spiro atoms. The van der Waals surface area contributed by atoms with Crippen LogP contribution in [-0.2, 0) is 0 Å². The third-order valence-corrected chi connectivity index (χ3v) is 7.51. The average Bonchev–Trinajstić information content (AvgIpc) is 3.36. The van der Waals surface area contributed by atoms with Gasteiger partial charge < -0.3 is 10.0 Å². The first-order chi connectivity index (χ1) is 14.6. The highest BCUT2D eigenvalue weighted by Gasteiger charge is 2.32. The molecule has 2 aliphatic rings. The molecule has 1 saturated carbocycles. The van der Waals surface area contributed by atoms with E-state index in [-0.39, 0.29) is 5.75 Å². The van der Waals surface area contributed by atoms with Gasteiger partial charge in [-0.1, -0.05) is 12.5 Å². The number of hydrogen-bond donors (Lipinski definition) is 1. The van der Waals surface area contributed by atoms with Crippen molar-refractivity contribution in [2.24, 2.45) is 0 Å². The highest BCUT2D eigenvalue weighted by Crippen LogP contribution is 2.35. The van der Waals surface area contributed by atoms with Crippen LogP contribution in [-0.4, -0.2) is 57.4 Å². The normalized spacial score (nSPS) is 19.4. The molecule has 1 saturated heterocycles. The summed E-state index contributed by atoms with van der Waals surface area (Å²) in [6, 6.07) is 11.0. The van der Waals surface area contributed by atoms with Crippen LogP contribution in [0.15, 0.2) is 36.5 Å². The van der Waals surface area contributed by atoms with E-state index in [9.17, 15) is 5.11 Å². The molecule has 30 heavy (non-hydrogen) atoms. The van der Waals surface area contributed by atoms with Gasteiger partial charge in [-0.15, -0.1) is 21.5 Å². The summed E-state index contributed by atoms with van der Waals surface area (Å²) >= 11 is 1.62. The van der Waals surface area contributed by atoms with E-state index >= 15 is 0 Å². The smallest absolute Gasteiger partial charge is 0.151 e. The molecule has 0 unspecified atom stereocenters. The molecule has 156 valence electrons. The summed E-state index contributed by atoms with van der Waals surface area (Å²) in [5, 5.41) is 20.5. The van der Waals surface area contributed by atoms with Gasteiger partial charge in [-0.3, -0.25) is 4.90 Å². The number of aryl methyl sites for hydroxylation is 1. The minimum absolute atomic E-state index is 0.212. The van der Waals surface area contributed by atoms with Crippen LogP contribution in [0, 0.1) is 6.92 Å². The van der Waals surface area contributed by atoms with Crippen LogP contribution in [0.1, 0.15) is 30.7 Å². The Kier molecular flexibility index (Phi) is 5.16. The lowest BCUT2D eigenvalue weighted by Gasteiger charge is -2.38. The van der Waals surface area contributed by atoms with E-state index in [4.69, 9.17) is 0 Å². The van der Waals surface area contributed by atoms with Gasteiger partial charge in [0.05, 0.1) is 15.6 Å². The maximum absolute atomic E-state index is 10.6. The van der Waals surface area contributed by atoms with Crippen molar-refractivity contribution < 1.29 is 5.11 Å². The molecule has 1 aromatic carbocycles. The van der Waals surface area contributed by atoms with E-state index < -0.39 is 0 Å². The summed E-state index contributed by atoms with van der Waals surface area (Å²) in [6.07, 6.45) is 7.07. The highest BCUT2D eigenvalue weighted by molar-refractivity contribution is 7.15. The molecule has 0 bridgehead atoms. The molecule has 1 N–H and O–H groups in total. The third kappa shape index (κ3) is 3.68. The van der Waals surface area contributed by atoms with Crippen molar-refractivity contribution in [1.82, 2.24) is 20.1 Å². The molecule has 3 aromatic rings. The minimum atomic E-state index is 0.212. The van der Waals surface area contributed by atoms with Crippen molar-refractivity contribution in [2.75, 3.05) is 25.0 Å². The monoisotopic (exact) mass is 421 g/mol. The molecule has 2 aromatic heterocycles. The molecular weight excluding hydrogens is 394 g/mol. The van der Waals surface area contributed by atoms with Crippen LogP contribution >= 0.6 is 11.3 Å². The lowest BCUT2D eigenvalue weighted by molar-refractivity contribution is 0.119. The first-order valence-electron chi connectivity index (χ1n) is 10.7. The Morgan fingerprint density at radius 2 is 1.97 bits per heavy atom. The standard InChI is InChI=1S/C23H27N5OS/c1-15-24-13-22(30-15)16-6-7-19(21(29)12-16)20-8-9-23(26-25-20)28-11-10-18(14-28)27(2)17-4-3-5-17/h6-9,12-13,17-18,29H,3-5,10-11,14H2,1-2H3/t18-/m1/s1. The summed E-state index contributed by atoms with van der Waals surface area (Å²) in [4.78, 5) is 10.2. The van der Waals surface area contributed by atoms with E-state index in [1.54, 1.807) is 17.4 Å². The van der Waals surface area contributed by atoms with E-state index in [0.29, 0.717) is 17.3 Å². The lowest BCUT2D eigenvalue weighted by Crippen LogP contribution is -2.45. The Morgan fingerprint density at radius 1 is 1.10 bits per heavy atom. The highest BCUT2D eigenvalue weighted by atomic mass is 32.1. The van der Waals surface area contributed by atoms with Gasteiger partial charge in [0.1, 0.15) is 5.75 Å². The molecular formula is C23H27N5OS. The second kappa shape index (κ2) is 7.96. The number of phenolic OH excluding ortho intramolecular Hbond substituents is 1. The Morgan fingerprint density at radius 3 is 2.60 bits per heavy atom. The number of phenols is 1. The zero-order valence-electron chi connectivity index (χ0n) is 17.5. The van der Waals surface area contributed by atoms with Crippen LogP contribution in [0.25, 0.3) is 21.7 Å². The topological polar surface area (TPSA) is 65.4 Å². The van der Waals surface area contributed by atoms with E-state index in [1.165, 1.54) is 25.7 Å². The molecule has 3 heterocycles. The SMILES string of the molecule is Cc1ncc(-c2ccc(-c3ccc(N4CC[C@@H](N(C)C5CCC5)C4)nn3)c(O)c2)s1. The van der Waals surface area contributed by atoms with Gasteiger partial charge in [-0.05, 0) is 63.1 Å². The number of rotatable bonds is 5. The fourth-order valence-corrected chi connectivity index (χ4v) is 5.18. The fourth-order valence-electron chi connectivity index (χ4n) is 4.41. The molecule has 7 heteroatoms. The van der Waals surface area contributed by atoms with Crippen molar-refractivity contribution in [3.8, 4) is 27.4 Å². The van der Waals surface area contributed by atoms with Crippen molar-refractivity contribution >= 4 is 17.2 Å². The predicted octanol–water partition coefficient (Wildman–Crippen LogP) is 4.34. The van der Waals surface area contributed by atoms with Crippen molar-refractivity contribution in [1.29, 1.82) is 0 Å². The number of nitrogens with zero attached hydrogens (tertiary/aromatic N) is 5. The number of anilines is 1. The molecule has 2 fully saturated rings. The van der Waals surface area contributed by atoms with Gasteiger partial charge in [0, 0.05) is 36.9 Å². The van der Waals surface area contributed by atoms with Crippen molar-refractivity contribution in [3.63, 3.8) is 0 Å². The Bertz CT molecular complexity index is 1030. The first kappa shape index (κ1) is 19.5. The number of aromatic hydroxyl groups is 1. The van der Waals surface area contributed by atoms with Gasteiger partial charge in [0.15, 0.2) is 5.82 Å². The van der Waals surface area contributed by atoms with Crippen molar-refractivity contribution in [3.05, 3.63) is 41.5 Å². The van der Waals surface area contributed by atoms with E-state index in [1.807, 2.05) is 37.4 Å². The number of hydrogen-bond acceptors (Lipinski definition) is 7. The fraction of sp³-hybridized carbons (Fsp3) is 0.435. The number of thiazole rings is 1. The third-order valence-electron chi connectivity index (χ3n) is 6.54. The average molecular weight is 422 g/mol. The zero-order valence-corrected chi connectivity index (χ0v) is 18.3. The largest absolute Gasteiger partial charge is 0.507 e. The minimum Gasteiger partial charge on any atom is -0.507 e. The summed E-state index contributed by atoms with van der Waals surface area (Å²) in [5.74, 6) is 1.13. The predicted molar refractivity (Wildman–Crippen MR) is 121 cm³/mol. The van der Waals surface area contributed by atoms with Crippen LogP contribution in [0.5, 0.6) is 5.75 Å². The number of benzene rings is 1. The Balaban J connectivity index is 1.29. The quantitative estimate of drug-likeness (QED) is 0.661. The second-order valence-corrected chi connectivity index (χ2v) is 9.63. The summed E-state index contributed by atoms with van der Waals surface area (Å²) in [5.41, 5.74) is 2.35. The van der Waals surface area contributed by atoms with Crippen LogP contribution in [0.3, 0.4) is 0 Å². The van der Waals surface area contributed by atoms with Gasteiger partial charge in [0.2, 0.25) is 0 Å². The maximum Gasteiger partial charge on any atom is 0.151 e. The van der Waals surface area contributed by atoms with Crippen LogP contribution in [0.4, 0.5) is 5.82 Å². The molecule has 6 nitrogen and oxygen atoms in total. The second-order valence-electron chi connectivity index (χ2n) is 8.39. The van der Waals surface area contributed by atoms with Gasteiger partial charge in [-0.25, -0.2) is 4.98 Å². The van der Waals surface area contributed by atoms with E-state index in [0.717, 1.165) is 40.4 Å². The van der Waals surface area contributed by atoms with Crippen molar-refractivity contribution in [2.45, 2.75) is 44.7 Å². The van der Waals surface area contributed by atoms with Gasteiger partial charge in [0.25, 0.3) is 0 Å². The Hall–Kier alpha value is -2.51. The number of likely N-dealkylation sites (N-methyl/N-ethyl adjacent to an activating group) is 1. The zero-order chi connectivity index (χ0) is 20.7. The summed E-state index contributed by atoms with van der Waals surface area (Å²) in [7, 11) is 2.27. The number of aromatic nitrogens is 3. The molecule has 1 aliphatic heterocycles. The molecule has 0 amide bonds. The Labute approximate surface area is 181 Å². The molecule has 5 rings (SSSR count). The van der Waals surface area contributed by atoms with Gasteiger partial charge >= 0.3 is 0 Å². The molecule has 1 atom stereocenters. The lowest BCUT2D eigenvalue weighted by atomic mass is 9.91. The summed E-state index contributed by atoms with van der Waals surface area (Å²) < 4.78 is 0. The van der Waals surface area contributed by atoms with Gasteiger partial charge in [-0.2, -0.15) is 0 Å². The van der Waals surface area contributed by atoms with Crippen LogP contribution < -0.4 is 4.90 Å².